The lowest BCUT2D eigenvalue weighted by atomic mass is 10.2. The molecule has 4 nitrogen and oxygen atoms in total. The molecular formula is C9H8N4. The molecule has 1 rings (SSSR count). The first-order chi connectivity index (χ1) is 6.30. The highest BCUT2D eigenvalue weighted by molar-refractivity contribution is 5.59. The van der Waals surface area contributed by atoms with Crippen molar-refractivity contribution in [1.29, 1.82) is 10.5 Å². The van der Waals surface area contributed by atoms with Gasteiger partial charge in [0.1, 0.15) is 17.7 Å². The number of nitrogens with zero attached hydrogens (tertiary/aromatic N) is 4. The molecule has 13 heavy (non-hydrogen) atoms. The van der Waals surface area contributed by atoms with Crippen LogP contribution in [-0.4, -0.2) is 9.78 Å². The third kappa shape index (κ3) is 2.18. The summed E-state index contributed by atoms with van der Waals surface area (Å²) in [5, 5.41) is 21.1. The molecule has 0 aliphatic heterocycles. The SMILES string of the molecule is CCn1ccc(C=C(C#N)C#N)n1. The van der Waals surface area contributed by atoms with E-state index in [9.17, 15) is 0 Å². The number of nitriles is 2. The van der Waals surface area contributed by atoms with Crippen LogP contribution < -0.4 is 0 Å². The van der Waals surface area contributed by atoms with Crippen LogP contribution in [0.15, 0.2) is 17.8 Å². The summed E-state index contributed by atoms with van der Waals surface area (Å²) in [7, 11) is 0. The summed E-state index contributed by atoms with van der Waals surface area (Å²) in [5.74, 6) is 0. The molecule has 1 aromatic heterocycles. The molecular weight excluding hydrogens is 164 g/mol. The van der Waals surface area contributed by atoms with Gasteiger partial charge < -0.3 is 0 Å². The van der Waals surface area contributed by atoms with Crippen LogP contribution in [0, 0.1) is 22.7 Å². The van der Waals surface area contributed by atoms with E-state index in [0.29, 0.717) is 5.69 Å². The zero-order valence-electron chi connectivity index (χ0n) is 7.23. The van der Waals surface area contributed by atoms with Crippen LogP contribution in [-0.2, 0) is 6.54 Å². The maximum Gasteiger partial charge on any atom is 0.131 e. The largest absolute Gasteiger partial charge is 0.272 e. The van der Waals surface area contributed by atoms with Crippen molar-refractivity contribution in [2.75, 3.05) is 0 Å². The van der Waals surface area contributed by atoms with Gasteiger partial charge in [0.15, 0.2) is 0 Å². The molecule has 0 atom stereocenters. The van der Waals surface area contributed by atoms with Crippen LogP contribution in [0.4, 0.5) is 0 Å². The third-order valence-electron chi connectivity index (χ3n) is 1.52. The van der Waals surface area contributed by atoms with Crippen molar-refractivity contribution in [3.8, 4) is 12.1 Å². The summed E-state index contributed by atoms with van der Waals surface area (Å²) in [6.45, 7) is 2.75. The molecule has 0 aromatic carbocycles. The Bertz CT molecular complexity index is 384. The number of hydrogen-bond donors (Lipinski definition) is 0. The van der Waals surface area contributed by atoms with E-state index in [2.05, 4.69) is 5.10 Å². The minimum absolute atomic E-state index is 0.0707. The lowest BCUT2D eigenvalue weighted by molar-refractivity contribution is 0.658. The normalized spacial score (nSPS) is 8.54. The molecule has 0 saturated heterocycles. The van der Waals surface area contributed by atoms with Gasteiger partial charge in [0.2, 0.25) is 0 Å². The van der Waals surface area contributed by atoms with Crippen molar-refractivity contribution in [2.24, 2.45) is 0 Å². The van der Waals surface area contributed by atoms with E-state index >= 15 is 0 Å². The molecule has 1 heterocycles. The van der Waals surface area contributed by atoms with Crippen molar-refractivity contribution in [3.63, 3.8) is 0 Å². The maximum atomic E-state index is 8.48. The van der Waals surface area contributed by atoms with Crippen molar-refractivity contribution < 1.29 is 0 Å². The average Bonchev–Trinajstić information content (AvgIpc) is 2.61. The van der Waals surface area contributed by atoms with E-state index < -0.39 is 0 Å². The van der Waals surface area contributed by atoms with Gasteiger partial charge in [-0.25, -0.2) is 0 Å². The zero-order chi connectivity index (χ0) is 9.68. The summed E-state index contributed by atoms with van der Waals surface area (Å²) < 4.78 is 1.73. The van der Waals surface area contributed by atoms with Crippen molar-refractivity contribution in [3.05, 3.63) is 23.5 Å². The highest BCUT2D eigenvalue weighted by Crippen LogP contribution is 2.02. The summed E-state index contributed by atoms with van der Waals surface area (Å²) in [6.07, 6.45) is 3.27. The van der Waals surface area contributed by atoms with Gasteiger partial charge in [-0.1, -0.05) is 0 Å². The van der Waals surface area contributed by atoms with Crippen LogP contribution in [0.5, 0.6) is 0 Å². The van der Waals surface area contributed by atoms with Crippen LogP contribution in [0.2, 0.25) is 0 Å². The van der Waals surface area contributed by atoms with Gasteiger partial charge in [-0.3, -0.25) is 4.68 Å². The van der Waals surface area contributed by atoms with Gasteiger partial charge in [0, 0.05) is 12.7 Å². The van der Waals surface area contributed by atoms with E-state index in [1.807, 2.05) is 6.92 Å². The lowest BCUT2D eigenvalue weighted by Crippen LogP contribution is -1.93. The molecule has 0 radical (unpaired) electrons. The molecule has 0 amide bonds. The standard InChI is InChI=1S/C9H8N4/c1-2-13-4-3-9(12-13)5-8(6-10)7-11/h3-5H,2H2,1H3. The second-order valence-electron chi connectivity index (χ2n) is 2.38. The van der Waals surface area contributed by atoms with E-state index in [1.54, 1.807) is 29.1 Å². The summed E-state index contributed by atoms with van der Waals surface area (Å²) in [6, 6.07) is 5.32. The fourth-order valence-corrected chi connectivity index (χ4v) is 0.868. The second kappa shape index (κ2) is 4.08. The second-order valence-corrected chi connectivity index (χ2v) is 2.38. The van der Waals surface area contributed by atoms with E-state index in [-0.39, 0.29) is 5.57 Å². The maximum absolute atomic E-state index is 8.48. The fourth-order valence-electron chi connectivity index (χ4n) is 0.868. The topological polar surface area (TPSA) is 65.4 Å². The highest BCUT2D eigenvalue weighted by atomic mass is 15.3. The van der Waals surface area contributed by atoms with Gasteiger partial charge in [-0.05, 0) is 19.1 Å². The molecule has 0 N–H and O–H groups in total. The molecule has 0 fully saturated rings. The van der Waals surface area contributed by atoms with Gasteiger partial charge in [-0.2, -0.15) is 15.6 Å². The third-order valence-corrected chi connectivity index (χ3v) is 1.52. The number of aromatic nitrogens is 2. The summed E-state index contributed by atoms with van der Waals surface area (Å²) >= 11 is 0. The Morgan fingerprint density at radius 2 is 2.31 bits per heavy atom. The van der Waals surface area contributed by atoms with Crippen molar-refractivity contribution in [1.82, 2.24) is 9.78 Å². The minimum atomic E-state index is 0.0707. The van der Waals surface area contributed by atoms with Crippen LogP contribution in [0.25, 0.3) is 6.08 Å². The molecule has 0 aliphatic carbocycles. The molecule has 4 heteroatoms. The average molecular weight is 172 g/mol. The molecule has 0 bridgehead atoms. The number of allylic oxidation sites excluding steroid dienone is 1. The lowest BCUT2D eigenvalue weighted by Gasteiger charge is -1.90. The summed E-state index contributed by atoms with van der Waals surface area (Å²) in [4.78, 5) is 0. The first-order valence-electron chi connectivity index (χ1n) is 3.85. The van der Waals surface area contributed by atoms with Gasteiger partial charge in [0.05, 0.1) is 5.69 Å². The first kappa shape index (κ1) is 9.02. The Labute approximate surface area is 76.3 Å². The minimum Gasteiger partial charge on any atom is -0.272 e. The summed E-state index contributed by atoms with van der Waals surface area (Å²) in [5.41, 5.74) is 0.710. The van der Waals surface area contributed by atoms with Crippen molar-refractivity contribution >= 4 is 6.08 Å². The van der Waals surface area contributed by atoms with E-state index in [1.165, 1.54) is 6.08 Å². The molecule has 0 spiro atoms. The van der Waals surface area contributed by atoms with Crippen LogP contribution >= 0.6 is 0 Å². The Kier molecular flexibility index (Phi) is 2.83. The first-order valence-corrected chi connectivity index (χ1v) is 3.85. The molecule has 0 aliphatic rings. The monoisotopic (exact) mass is 172 g/mol. The predicted octanol–water partition coefficient (Wildman–Crippen LogP) is 1.33. The van der Waals surface area contributed by atoms with Gasteiger partial charge in [0.25, 0.3) is 0 Å². The zero-order valence-corrected chi connectivity index (χ0v) is 7.23. The quantitative estimate of drug-likeness (QED) is 0.632. The predicted molar refractivity (Wildman–Crippen MR) is 47.1 cm³/mol. The molecule has 0 unspecified atom stereocenters. The Morgan fingerprint density at radius 3 is 2.77 bits per heavy atom. The highest BCUT2D eigenvalue weighted by Gasteiger charge is 1.96. The number of hydrogen-bond acceptors (Lipinski definition) is 3. The van der Waals surface area contributed by atoms with Crippen LogP contribution in [0.1, 0.15) is 12.6 Å². The number of aryl methyl sites for hydroxylation is 1. The molecule has 64 valence electrons. The van der Waals surface area contributed by atoms with Gasteiger partial charge >= 0.3 is 0 Å². The molecule has 0 saturated carbocycles. The van der Waals surface area contributed by atoms with Crippen LogP contribution in [0.3, 0.4) is 0 Å². The Balaban J connectivity index is 2.93. The number of rotatable bonds is 2. The van der Waals surface area contributed by atoms with E-state index in [4.69, 9.17) is 10.5 Å². The molecule has 1 aromatic rings. The Hall–Kier alpha value is -2.07. The van der Waals surface area contributed by atoms with Crippen molar-refractivity contribution in [2.45, 2.75) is 13.5 Å². The van der Waals surface area contributed by atoms with E-state index in [0.717, 1.165) is 6.54 Å². The Morgan fingerprint density at radius 1 is 1.62 bits per heavy atom. The smallest absolute Gasteiger partial charge is 0.131 e. The van der Waals surface area contributed by atoms with Gasteiger partial charge in [-0.15, -0.1) is 0 Å². The fraction of sp³-hybridized carbons (Fsp3) is 0.222.